The van der Waals surface area contributed by atoms with Gasteiger partial charge in [-0.3, -0.25) is 39.7 Å². The largest absolute Gasteiger partial charge is 0.288 e. The molecule has 2 saturated heterocycles. The molecule has 0 unspecified atom stereocenters. The average molecular weight is 581 g/mol. The third-order valence-corrected chi connectivity index (χ3v) is 8.16. The van der Waals surface area contributed by atoms with Crippen LogP contribution in [0.5, 0.6) is 0 Å². The Kier molecular flexibility index (Phi) is 11.2. The Morgan fingerprint density at radius 2 is 0.976 bits per heavy atom. The van der Waals surface area contributed by atoms with Crippen molar-refractivity contribution < 1.29 is 28.9 Å². The first kappa shape index (κ1) is 33.2. The van der Waals surface area contributed by atoms with Crippen LogP contribution >= 0.6 is 0 Å². The summed E-state index contributed by atoms with van der Waals surface area (Å²) < 4.78 is 0. The van der Waals surface area contributed by atoms with Gasteiger partial charge in [0.2, 0.25) is 23.6 Å². The molecule has 12 nitrogen and oxygen atoms in total. The smallest absolute Gasteiger partial charge is 0.250 e. The van der Waals surface area contributed by atoms with Gasteiger partial charge in [-0.05, 0) is 98.8 Å². The molecular formula is C29H52N6O6. The maximum atomic E-state index is 13.7. The molecule has 4 N–H and O–H groups in total. The average Bonchev–Trinajstić information content (AvgIpc) is 2.91. The highest BCUT2D eigenvalue weighted by Crippen LogP contribution is 2.40. The van der Waals surface area contributed by atoms with E-state index in [0.717, 1.165) is 12.8 Å². The summed E-state index contributed by atoms with van der Waals surface area (Å²) in [4.78, 5) is 63.2. The number of hydrogen-bond acceptors (Lipinski definition) is 8. The van der Waals surface area contributed by atoms with Crippen molar-refractivity contribution in [1.29, 1.82) is 0 Å². The number of hydrogen-bond donors (Lipinski definition) is 4. The highest BCUT2D eigenvalue weighted by atomic mass is 16.7. The standard InChI is InChI=1S/C29H52N6O6/c1-20-8-14-29(15-9-20,25(38)30-34-16-10-21(11-17-34)23(36)32-40-27(2,3)4)26(39)31-35-18-12-22(13-19-35)24(37)33-41-28(5,6)7/h20-22H,8-19H2,1-7H3,(H,30,38)(H,31,39)(H,32,36)(H,33,37). The van der Waals surface area contributed by atoms with Crippen molar-refractivity contribution in [1.82, 2.24) is 31.8 Å². The van der Waals surface area contributed by atoms with Gasteiger partial charge in [-0.15, -0.1) is 0 Å². The van der Waals surface area contributed by atoms with Crippen LogP contribution in [0.4, 0.5) is 0 Å². The van der Waals surface area contributed by atoms with Gasteiger partial charge in [0, 0.05) is 38.0 Å². The fraction of sp³-hybridized carbons (Fsp3) is 0.862. The maximum absolute atomic E-state index is 13.7. The Morgan fingerprint density at radius 1 is 0.634 bits per heavy atom. The molecule has 3 rings (SSSR count). The van der Waals surface area contributed by atoms with Crippen molar-refractivity contribution in [2.75, 3.05) is 26.2 Å². The molecular weight excluding hydrogens is 528 g/mol. The lowest BCUT2D eigenvalue weighted by molar-refractivity contribution is -0.155. The molecule has 0 radical (unpaired) electrons. The van der Waals surface area contributed by atoms with Gasteiger partial charge >= 0.3 is 0 Å². The van der Waals surface area contributed by atoms with Crippen LogP contribution in [-0.2, 0) is 28.9 Å². The monoisotopic (exact) mass is 580 g/mol. The second kappa shape index (κ2) is 13.8. The molecule has 0 spiro atoms. The third kappa shape index (κ3) is 9.90. The fourth-order valence-corrected chi connectivity index (χ4v) is 5.39. The van der Waals surface area contributed by atoms with E-state index in [9.17, 15) is 19.2 Å². The van der Waals surface area contributed by atoms with Gasteiger partial charge < -0.3 is 0 Å². The summed E-state index contributed by atoms with van der Waals surface area (Å²) in [5.41, 5.74) is 9.03. The molecule has 41 heavy (non-hydrogen) atoms. The van der Waals surface area contributed by atoms with Gasteiger partial charge in [0.25, 0.3) is 0 Å². The van der Waals surface area contributed by atoms with Crippen molar-refractivity contribution >= 4 is 23.6 Å². The summed E-state index contributed by atoms with van der Waals surface area (Å²) in [6.45, 7) is 15.4. The maximum Gasteiger partial charge on any atom is 0.250 e. The summed E-state index contributed by atoms with van der Waals surface area (Å²) in [7, 11) is 0. The van der Waals surface area contributed by atoms with E-state index in [-0.39, 0.29) is 35.5 Å². The molecule has 12 heteroatoms. The van der Waals surface area contributed by atoms with Crippen LogP contribution in [0.25, 0.3) is 0 Å². The first-order valence-electron chi connectivity index (χ1n) is 15.2. The van der Waals surface area contributed by atoms with Gasteiger partial charge in [-0.1, -0.05) is 6.92 Å². The molecule has 3 aliphatic rings. The van der Waals surface area contributed by atoms with Crippen molar-refractivity contribution in [2.45, 2.75) is 111 Å². The van der Waals surface area contributed by atoms with E-state index < -0.39 is 16.6 Å². The highest BCUT2D eigenvalue weighted by Gasteiger charge is 2.49. The van der Waals surface area contributed by atoms with Crippen LogP contribution in [0, 0.1) is 23.2 Å². The Labute approximate surface area is 244 Å². The van der Waals surface area contributed by atoms with Crippen LogP contribution in [0.2, 0.25) is 0 Å². The van der Waals surface area contributed by atoms with Crippen LogP contribution < -0.4 is 21.8 Å². The second-order valence-electron chi connectivity index (χ2n) is 14.0. The number of rotatable bonds is 8. The Bertz CT molecular complexity index is 855. The van der Waals surface area contributed by atoms with E-state index >= 15 is 0 Å². The summed E-state index contributed by atoms with van der Waals surface area (Å²) >= 11 is 0. The molecule has 0 atom stereocenters. The summed E-state index contributed by atoms with van der Waals surface area (Å²) in [6.07, 6.45) is 4.89. The second-order valence-corrected chi connectivity index (χ2v) is 14.0. The van der Waals surface area contributed by atoms with Crippen molar-refractivity contribution in [3.63, 3.8) is 0 Å². The van der Waals surface area contributed by atoms with Gasteiger partial charge in [-0.25, -0.2) is 21.0 Å². The topological polar surface area (TPSA) is 141 Å². The number of carbonyl (C=O) groups is 4. The number of nitrogens with zero attached hydrogens (tertiary/aromatic N) is 2. The molecule has 0 aromatic rings. The molecule has 3 fully saturated rings. The van der Waals surface area contributed by atoms with Crippen molar-refractivity contribution in [3.05, 3.63) is 0 Å². The third-order valence-electron chi connectivity index (χ3n) is 8.16. The van der Waals surface area contributed by atoms with Gasteiger partial charge in [-0.2, -0.15) is 0 Å². The van der Waals surface area contributed by atoms with E-state index in [0.29, 0.717) is 70.6 Å². The zero-order valence-electron chi connectivity index (χ0n) is 26.1. The number of nitrogens with one attached hydrogen (secondary N) is 4. The molecule has 0 aromatic heterocycles. The minimum Gasteiger partial charge on any atom is -0.288 e. The van der Waals surface area contributed by atoms with Crippen LogP contribution in [-0.4, -0.2) is 71.0 Å². The highest BCUT2D eigenvalue weighted by molar-refractivity contribution is 6.04. The summed E-state index contributed by atoms with van der Waals surface area (Å²) in [5, 5.41) is 3.65. The van der Waals surface area contributed by atoms with E-state index in [1.165, 1.54) is 0 Å². The minimum absolute atomic E-state index is 0.147. The molecule has 0 bridgehead atoms. The zero-order valence-corrected chi connectivity index (χ0v) is 26.1. The molecule has 1 aliphatic carbocycles. The lowest BCUT2D eigenvalue weighted by atomic mass is 9.69. The van der Waals surface area contributed by atoms with Gasteiger partial charge in [0.15, 0.2) is 0 Å². The molecule has 0 aromatic carbocycles. The lowest BCUT2D eigenvalue weighted by Crippen LogP contribution is -2.61. The van der Waals surface area contributed by atoms with E-state index in [1.807, 2.05) is 51.6 Å². The first-order chi connectivity index (χ1) is 19.1. The zero-order chi connectivity index (χ0) is 30.4. The number of carbonyl (C=O) groups excluding carboxylic acids is 4. The molecule has 1 saturated carbocycles. The predicted molar refractivity (Wildman–Crippen MR) is 153 cm³/mol. The first-order valence-corrected chi connectivity index (χ1v) is 15.2. The summed E-state index contributed by atoms with van der Waals surface area (Å²) in [6, 6.07) is 0. The van der Waals surface area contributed by atoms with Crippen molar-refractivity contribution in [2.24, 2.45) is 23.2 Å². The van der Waals surface area contributed by atoms with E-state index in [4.69, 9.17) is 9.68 Å². The fourth-order valence-electron chi connectivity index (χ4n) is 5.39. The minimum atomic E-state index is -1.16. The Hall–Kier alpha value is -2.28. The number of piperidine rings is 2. The Balaban J connectivity index is 1.52. The molecule has 2 heterocycles. The number of hydrazine groups is 2. The van der Waals surface area contributed by atoms with Crippen molar-refractivity contribution in [3.8, 4) is 0 Å². The number of amides is 4. The molecule has 4 amide bonds. The summed E-state index contributed by atoms with van der Waals surface area (Å²) in [5.74, 6) is -0.787. The van der Waals surface area contributed by atoms with E-state index in [2.05, 4.69) is 28.7 Å². The predicted octanol–water partition coefficient (Wildman–Crippen LogP) is 2.36. The lowest BCUT2D eigenvalue weighted by Gasteiger charge is -2.41. The molecule has 2 aliphatic heterocycles. The van der Waals surface area contributed by atoms with E-state index in [1.54, 1.807) is 0 Å². The van der Waals surface area contributed by atoms with Gasteiger partial charge in [0.05, 0.1) is 11.2 Å². The molecule has 234 valence electrons. The Morgan fingerprint density at radius 3 is 1.29 bits per heavy atom. The van der Waals surface area contributed by atoms with Crippen LogP contribution in [0.1, 0.15) is 99.8 Å². The normalized spacial score (nSPS) is 22.1. The van der Waals surface area contributed by atoms with Gasteiger partial charge in [0.1, 0.15) is 5.41 Å². The van der Waals surface area contributed by atoms with Crippen LogP contribution in [0.15, 0.2) is 0 Å². The SMILES string of the molecule is CC1CCC(C(=O)NN2CCC(C(=O)NOC(C)(C)C)CC2)(C(=O)NN2CCC(C(=O)NOC(C)(C)C)CC2)CC1. The number of hydroxylamine groups is 2. The van der Waals surface area contributed by atoms with Crippen LogP contribution in [0.3, 0.4) is 0 Å². The quantitative estimate of drug-likeness (QED) is 0.253.